The summed E-state index contributed by atoms with van der Waals surface area (Å²) in [6.45, 7) is 0.347. The maximum absolute atomic E-state index is 12.5. The maximum Gasteiger partial charge on any atom is 0.291 e. The van der Waals surface area contributed by atoms with Crippen LogP contribution in [0.4, 0.5) is 5.82 Å². The maximum atomic E-state index is 12.5. The summed E-state index contributed by atoms with van der Waals surface area (Å²) in [5, 5.41) is 13.1. The molecule has 2 aromatic carbocycles. The molecule has 158 valence electrons. The zero-order valence-corrected chi connectivity index (χ0v) is 17.6. The van der Waals surface area contributed by atoms with E-state index in [0.717, 1.165) is 32.8 Å². The van der Waals surface area contributed by atoms with Crippen LogP contribution in [-0.4, -0.2) is 31.1 Å². The molecule has 5 rings (SSSR count). The monoisotopic (exact) mass is 443 g/mol. The topological polar surface area (TPSA) is 122 Å². The smallest absolute Gasteiger partial charge is 0.291 e. The van der Waals surface area contributed by atoms with Gasteiger partial charge in [0.1, 0.15) is 11.6 Å². The molecule has 0 aliphatic carbocycles. The number of nitrogens with one attached hydrogen (secondary N) is 2. The minimum Gasteiger partial charge on any atom is -0.383 e. The fraction of sp³-hybridized carbons (Fsp3) is 0.0870. The largest absolute Gasteiger partial charge is 0.383 e. The lowest BCUT2D eigenvalue weighted by Gasteiger charge is -2.06. The Bertz CT molecular complexity index is 1460. The Balaban J connectivity index is 1.25. The molecule has 0 spiro atoms. The highest BCUT2D eigenvalue weighted by Gasteiger charge is 2.13. The molecule has 0 saturated carbocycles. The molecule has 0 saturated heterocycles. The molecule has 3 heterocycles. The van der Waals surface area contributed by atoms with Crippen LogP contribution >= 0.6 is 11.6 Å². The van der Waals surface area contributed by atoms with Gasteiger partial charge in [-0.25, -0.2) is 9.97 Å². The number of rotatable bonds is 5. The van der Waals surface area contributed by atoms with Crippen molar-refractivity contribution in [2.75, 3.05) is 5.73 Å². The summed E-state index contributed by atoms with van der Waals surface area (Å²) in [5.41, 5.74) is 8.70. The van der Waals surface area contributed by atoms with E-state index in [1.165, 1.54) is 0 Å². The zero-order chi connectivity index (χ0) is 22.1. The molecule has 9 heteroatoms. The summed E-state index contributed by atoms with van der Waals surface area (Å²) in [6.07, 6.45) is 3.79. The van der Waals surface area contributed by atoms with E-state index in [1.807, 2.05) is 48.5 Å². The Morgan fingerprint density at radius 1 is 1.03 bits per heavy atom. The molecule has 8 nitrogen and oxygen atoms in total. The van der Waals surface area contributed by atoms with Crippen molar-refractivity contribution in [3.63, 3.8) is 0 Å². The molecule has 0 aliphatic rings. The normalized spacial score (nSPS) is 11.2. The number of fused-ring (bicyclic) bond motifs is 2. The number of carbonyl (C=O) groups is 1. The van der Waals surface area contributed by atoms with E-state index in [9.17, 15) is 4.79 Å². The fourth-order valence-corrected chi connectivity index (χ4v) is 3.72. The first kappa shape index (κ1) is 19.9. The predicted octanol–water partition coefficient (Wildman–Crippen LogP) is 3.66. The lowest BCUT2D eigenvalue weighted by molar-refractivity contribution is 0.0941. The third-order valence-corrected chi connectivity index (χ3v) is 5.34. The highest BCUT2D eigenvalue weighted by atomic mass is 35.5. The first-order valence-electron chi connectivity index (χ1n) is 9.92. The number of aromatic nitrogens is 5. The van der Waals surface area contributed by atoms with Crippen molar-refractivity contribution in [2.45, 2.75) is 13.0 Å². The Hall–Kier alpha value is -4.04. The Morgan fingerprint density at radius 2 is 1.88 bits per heavy atom. The van der Waals surface area contributed by atoms with Gasteiger partial charge in [0.05, 0.1) is 10.5 Å². The Labute approximate surface area is 187 Å². The van der Waals surface area contributed by atoms with E-state index in [4.69, 9.17) is 17.3 Å². The van der Waals surface area contributed by atoms with E-state index >= 15 is 0 Å². The number of hydrogen-bond acceptors (Lipinski definition) is 6. The molecule has 0 unspecified atom stereocenters. The van der Waals surface area contributed by atoms with Gasteiger partial charge in [0.15, 0.2) is 0 Å². The van der Waals surface area contributed by atoms with Crippen molar-refractivity contribution in [1.29, 1.82) is 0 Å². The van der Waals surface area contributed by atoms with Crippen molar-refractivity contribution in [3.05, 3.63) is 88.7 Å². The second-order valence-electron chi connectivity index (χ2n) is 7.40. The van der Waals surface area contributed by atoms with Crippen LogP contribution in [0.2, 0.25) is 5.02 Å². The van der Waals surface area contributed by atoms with E-state index < -0.39 is 0 Å². The minimum absolute atomic E-state index is 0.0970. The number of anilines is 1. The van der Waals surface area contributed by atoms with Crippen LogP contribution in [0.25, 0.3) is 21.7 Å². The predicted molar refractivity (Wildman–Crippen MR) is 123 cm³/mol. The second kappa shape index (κ2) is 8.24. The average molecular weight is 444 g/mol. The molecule has 32 heavy (non-hydrogen) atoms. The van der Waals surface area contributed by atoms with E-state index in [2.05, 4.69) is 30.5 Å². The molecule has 1 amide bonds. The van der Waals surface area contributed by atoms with Crippen LogP contribution in [0.3, 0.4) is 0 Å². The van der Waals surface area contributed by atoms with Crippen molar-refractivity contribution in [3.8, 4) is 0 Å². The molecule has 0 aliphatic heterocycles. The Kier molecular flexibility index (Phi) is 5.12. The molecular formula is C23H18ClN7O. The van der Waals surface area contributed by atoms with Crippen LogP contribution in [-0.2, 0) is 13.0 Å². The van der Waals surface area contributed by atoms with Crippen molar-refractivity contribution < 1.29 is 4.79 Å². The van der Waals surface area contributed by atoms with Crippen LogP contribution in [0.5, 0.6) is 0 Å². The second-order valence-corrected chi connectivity index (χ2v) is 7.83. The molecular weight excluding hydrogens is 426 g/mol. The number of pyridine rings is 2. The number of aromatic amines is 1. The standard InChI is InChI=1S/C23H18ClN7O/c24-17-10-16-7-13(2-4-19(16)27-12-17)9-20-29-22(31-30-20)23(32)28-11-14-1-3-18-15(8-14)5-6-26-21(18)25/h1-8,10,12H,9,11H2,(H2,25,26)(H,28,32)(H,29,30,31). The molecule has 0 bridgehead atoms. The summed E-state index contributed by atoms with van der Waals surface area (Å²) in [6, 6.07) is 15.4. The summed E-state index contributed by atoms with van der Waals surface area (Å²) in [7, 11) is 0. The number of H-pyrrole nitrogens is 1. The number of nitrogens with two attached hydrogens (primary N) is 1. The van der Waals surface area contributed by atoms with Crippen molar-refractivity contribution >= 4 is 45.0 Å². The summed E-state index contributed by atoms with van der Waals surface area (Å²) < 4.78 is 0. The van der Waals surface area contributed by atoms with Crippen molar-refractivity contribution in [1.82, 2.24) is 30.5 Å². The SMILES string of the molecule is Nc1nccc2cc(CNC(=O)c3n[nH]c(Cc4ccc5ncc(Cl)cc5c4)n3)ccc12. The summed E-state index contributed by atoms with van der Waals surface area (Å²) >= 11 is 6.04. The number of amides is 1. The summed E-state index contributed by atoms with van der Waals surface area (Å²) in [5.74, 6) is 0.825. The summed E-state index contributed by atoms with van der Waals surface area (Å²) in [4.78, 5) is 25.2. The van der Waals surface area contributed by atoms with Crippen molar-refractivity contribution in [2.24, 2.45) is 0 Å². The molecule has 4 N–H and O–H groups in total. The van der Waals surface area contributed by atoms with Gasteiger partial charge in [0.25, 0.3) is 5.91 Å². The third kappa shape index (κ3) is 4.08. The van der Waals surface area contributed by atoms with Crippen LogP contribution in [0, 0.1) is 0 Å². The molecule has 5 aromatic rings. The minimum atomic E-state index is -0.351. The van der Waals surface area contributed by atoms with Gasteiger partial charge in [-0.05, 0) is 46.8 Å². The van der Waals surface area contributed by atoms with Gasteiger partial charge in [-0.2, -0.15) is 0 Å². The quantitative estimate of drug-likeness (QED) is 0.381. The Morgan fingerprint density at radius 3 is 2.78 bits per heavy atom. The van der Waals surface area contributed by atoms with E-state index in [0.29, 0.717) is 29.6 Å². The van der Waals surface area contributed by atoms with Gasteiger partial charge >= 0.3 is 0 Å². The lowest BCUT2D eigenvalue weighted by Crippen LogP contribution is -2.24. The molecule has 3 aromatic heterocycles. The molecule has 0 atom stereocenters. The molecule has 0 radical (unpaired) electrons. The van der Waals surface area contributed by atoms with E-state index in [1.54, 1.807) is 12.4 Å². The van der Waals surface area contributed by atoms with Crippen LogP contribution < -0.4 is 11.1 Å². The number of carbonyl (C=O) groups excluding carboxylic acids is 1. The number of benzene rings is 2. The van der Waals surface area contributed by atoms with Gasteiger partial charge in [-0.15, -0.1) is 5.10 Å². The molecule has 0 fully saturated rings. The number of nitrogen functional groups attached to an aromatic ring is 1. The highest BCUT2D eigenvalue weighted by Crippen LogP contribution is 2.21. The number of halogens is 1. The van der Waals surface area contributed by atoms with Gasteiger partial charge < -0.3 is 11.1 Å². The third-order valence-electron chi connectivity index (χ3n) is 5.13. The first-order chi connectivity index (χ1) is 15.5. The van der Waals surface area contributed by atoms with Gasteiger partial charge in [-0.3, -0.25) is 14.9 Å². The van der Waals surface area contributed by atoms with Gasteiger partial charge in [-0.1, -0.05) is 29.8 Å². The van der Waals surface area contributed by atoms with E-state index in [-0.39, 0.29) is 11.7 Å². The first-order valence-corrected chi connectivity index (χ1v) is 10.3. The van der Waals surface area contributed by atoms with Gasteiger partial charge in [0.2, 0.25) is 5.82 Å². The van der Waals surface area contributed by atoms with Crippen LogP contribution in [0.15, 0.2) is 60.9 Å². The fourth-order valence-electron chi connectivity index (χ4n) is 3.56. The number of nitrogens with zero attached hydrogens (tertiary/aromatic N) is 4. The highest BCUT2D eigenvalue weighted by molar-refractivity contribution is 6.31. The number of hydrogen-bond donors (Lipinski definition) is 3. The zero-order valence-electron chi connectivity index (χ0n) is 16.8. The van der Waals surface area contributed by atoms with Gasteiger partial charge in [0, 0.05) is 36.1 Å². The van der Waals surface area contributed by atoms with Crippen LogP contribution in [0.1, 0.15) is 27.6 Å². The lowest BCUT2D eigenvalue weighted by atomic mass is 10.1. The average Bonchev–Trinajstić information content (AvgIpc) is 3.26.